The van der Waals surface area contributed by atoms with Gasteiger partial charge in [-0.1, -0.05) is 19.9 Å². The molecule has 0 spiro atoms. The molecule has 3 nitrogen and oxygen atoms in total. The SMILES string of the molecule is Cc1cccc2nc3c(n12)CN(CC(C)C)CC3. The number of rotatable bonds is 2. The van der Waals surface area contributed by atoms with Gasteiger partial charge in [0.25, 0.3) is 0 Å². The topological polar surface area (TPSA) is 20.5 Å². The molecule has 2 aromatic heterocycles. The molecule has 0 unspecified atom stereocenters. The smallest absolute Gasteiger partial charge is 0.137 e. The number of imidazole rings is 1. The molecule has 0 N–H and O–H groups in total. The van der Waals surface area contributed by atoms with Gasteiger partial charge < -0.3 is 0 Å². The zero-order valence-electron chi connectivity index (χ0n) is 11.5. The summed E-state index contributed by atoms with van der Waals surface area (Å²) in [5, 5.41) is 0. The van der Waals surface area contributed by atoms with Crippen LogP contribution in [0.3, 0.4) is 0 Å². The maximum atomic E-state index is 4.76. The van der Waals surface area contributed by atoms with E-state index >= 15 is 0 Å². The van der Waals surface area contributed by atoms with E-state index in [1.165, 1.54) is 23.6 Å². The predicted octanol–water partition coefficient (Wildman–Crippen LogP) is 2.66. The maximum absolute atomic E-state index is 4.76. The summed E-state index contributed by atoms with van der Waals surface area (Å²) < 4.78 is 2.32. The Labute approximate surface area is 108 Å². The maximum Gasteiger partial charge on any atom is 0.137 e. The number of pyridine rings is 1. The van der Waals surface area contributed by atoms with Gasteiger partial charge in [-0.05, 0) is 25.0 Å². The van der Waals surface area contributed by atoms with Gasteiger partial charge in [-0.3, -0.25) is 9.30 Å². The predicted molar refractivity (Wildman–Crippen MR) is 73.7 cm³/mol. The average molecular weight is 243 g/mol. The molecule has 0 saturated carbocycles. The summed E-state index contributed by atoms with van der Waals surface area (Å²) in [7, 11) is 0. The molecule has 0 fully saturated rings. The lowest BCUT2D eigenvalue weighted by molar-refractivity contribution is 0.222. The fourth-order valence-corrected chi connectivity index (χ4v) is 2.96. The van der Waals surface area contributed by atoms with Crippen molar-refractivity contribution in [3.63, 3.8) is 0 Å². The van der Waals surface area contributed by atoms with Crippen molar-refractivity contribution in [1.82, 2.24) is 14.3 Å². The van der Waals surface area contributed by atoms with Crippen LogP contribution < -0.4 is 0 Å². The first-order valence-electron chi connectivity index (χ1n) is 6.83. The van der Waals surface area contributed by atoms with Gasteiger partial charge in [0, 0.05) is 31.7 Å². The van der Waals surface area contributed by atoms with Crippen molar-refractivity contribution in [2.75, 3.05) is 13.1 Å². The van der Waals surface area contributed by atoms with Crippen LogP contribution in [0.25, 0.3) is 5.65 Å². The molecule has 0 bridgehead atoms. The average Bonchev–Trinajstić information content (AvgIpc) is 2.67. The Kier molecular flexibility index (Phi) is 2.86. The van der Waals surface area contributed by atoms with E-state index < -0.39 is 0 Å². The molecule has 1 aliphatic rings. The fourth-order valence-electron chi connectivity index (χ4n) is 2.96. The zero-order chi connectivity index (χ0) is 12.7. The van der Waals surface area contributed by atoms with Gasteiger partial charge in [0.05, 0.1) is 11.4 Å². The van der Waals surface area contributed by atoms with E-state index in [9.17, 15) is 0 Å². The quantitative estimate of drug-likeness (QED) is 0.808. The van der Waals surface area contributed by atoms with Crippen LogP contribution >= 0.6 is 0 Å². The Morgan fingerprint density at radius 3 is 2.94 bits per heavy atom. The molecule has 0 aliphatic carbocycles. The first kappa shape index (κ1) is 11.7. The summed E-state index contributed by atoms with van der Waals surface area (Å²) in [6.07, 6.45) is 1.09. The van der Waals surface area contributed by atoms with Crippen LogP contribution in [0.1, 0.15) is 30.9 Å². The lowest BCUT2D eigenvalue weighted by atomic mass is 10.1. The van der Waals surface area contributed by atoms with Crippen LogP contribution in [0.5, 0.6) is 0 Å². The molecular weight excluding hydrogens is 222 g/mol. The van der Waals surface area contributed by atoms with Crippen molar-refractivity contribution in [1.29, 1.82) is 0 Å². The van der Waals surface area contributed by atoms with Crippen molar-refractivity contribution in [2.24, 2.45) is 5.92 Å². The molecule has 96 valence electrons. The second-order valence-corrected chi connectivity index (χ2v) is 5.74. The second-order valence-electron chi connectivity index (χ2n) is 5.74. The summed E-state index contributed by atoms with van der Waals surface area (Å²) in [6, 6.07) is 6.36. The molecule has 0 aromatic carbocycles. The van der Waals surface area contributed by atoms with E-state index in [4.69, 9.17) is 4.98 Å². The molecular formula is C15H21N3. The summed E-state index contributed by atoms with van der Waals surface area (Å²) in [5.41, 5.74) is 5.08. The van der Waals surface area contributed by atoms with Crippen molar-refractivity contribution in [3.8, 4) is 0 Å². The minimum atomic E-state index is 0.729. The molecule has 1 aliphatic heterocycles. The van der Waals surface area contributed by atoms with E-state index in [0.717, 1.165) is 31.1 Å². The normalized spacial score (nSPS) is 16.4. The molecule has 0 saturated heterocycles. The zero-order valence-corrected chi connectivity index (χ0v) is 11.5. The van der Waals surface area contributed by atoms with E-state index in [0.29, 0.717) is 0 Å². The number of aryl methyl sites for hydroxylation is 1. The standard InChI is InChI=1S/C15H21N3/c1-11(2)9-17-8-7-13-14(10-17)18-12(3)5-4-6-15(18)16-13/h4-6,11H,7-10H2,1-3H3. The van der Waals surface area contributed by atoms with Crippen molar-refractivity contribution >= 4 is 5.65 Å². The van der Waals surface area contributed by atoms with Crippen LogP contribution in [0.15, 0.2) is 18.2 Å². The number of fused-ring (bicyclic) bond motifs is 3. The van der Waals surface area contributed by atoms with E-state index in [2.05, 4.69) is 48.3 Å². The van der Waals surface area contributed by atoms with Gasteiger partial charge >= 0.3 is 0 Å². The number of aromatic nitrogens is 2. The molecule has 3 heteroatoms. The number of nitrogens with zero attached hydrogens (tertiary/aromatic N) is 3. The molecule has 3 rings (SSSR count). The molecule has 0 amide bonds. The van der Waals surface area contributed by atoms with Crippen LogP contribution in [0.2, 0.25) is 0 Å². The Morgan fingerprint density at radius 2 is 2.17 bits per heavy atom. The minimum Gasteiger partial charge on any atom is -0.300 e. The summed E-state index contributed by atoms with van der Waals surface area (Å²) >= 11 is 0. The van der Waals surface area contributed by atoms with Gasteiger partial charge in [0.2, 0.25) is 0 Å². The molecule has 3 heterocycles. The highest BCUT2D eigenvalue weighted by molar-refractivity contribution is 5.45. The number of hydrogen-bond donors (Lipinski definition) is 0. The van der Waals surface area contributed by atoms with Crippen molar-refractivity contribution in [3.05, 3.63) is 35.3 Å². The third kappa shape index (κ3) is 1.93. The minimum absolute atomic E-state index is 0.729. The summed E-state index contributed by atoms with van der Waals surface area (Å²) in [5.74, 6) is 0.729. The van der Waals surface area contributed by atoms with Gasteiger partial charge in [0.15, 0.2) is 0 Å². The first-order valence-corrected chi connectivity index (χ1v) is 6.83. The largest absolute Gasteiger partial charge is 0.300 e. The third-order valence-electron chi connectivity index (χ3n) is 3.68. The molecule has 18 heavy (non-hydrogen) atoms. The lowest BCUT2D eigenvalue weighted by Gasteiger charge is -2.28. The van der Waals surface area contributed by atoms with Crippen LogP contribution in [-0.2, 0) is 13.0 Å². The second kappa shape index (κ2) is 4.39. The molecule has 0 radical (unpaired) electrons. The van der Waals surface area contributed by atoms with E-state index in [1.54, 1.807) is 0 Å². The summed E-state index contributed by atoms with van der Waals surface area (Å²) in [4.78, 5) is 7.31. The highest BCUT2D eigenvalue weighted by Crippen LogP contribution is 2.22. The lowest BCUT2D eigenvalue weighted by Crippen LogP contribution is -2.34. The van der Waals surface area contributed by atoms with Gasteiger partial charge in [0.1, 0.15) is 5.65 Å². The van der Waals surface area contributed by atoms with Crippen molar-refractivity contribution in [2.45, 2.75) is 33.7 Å². The fraction of sp³-hybridized carbons (Fsp3) is 0.533. The van der Waals surface area contributed by atoms with Crippen molar-refractivity contribution < 1.29 is 0 Å². The third-order valence-corrected chi connectivity index (χ3v) is 3.68. The van der Waals surface area contributed by atoms with Crippen LogP contribution in [0.4, 0.5) is 0 Å². The Balaban J connectivity index is 2.01. The first-order chi connectivity index (χ1) is 8.65. The van der Waals surface area contributed by atoms with Crippen LogP contribution in [0, 0.1) is 12.8 Å². The van der Waals surface area contributed by atoms with E-state index in [-0.39, 0.29) is 0 Å². The summed E-state index contributed by atoms with van der Waals surface area (Å²) in [6.45, 7) is 10.1. The van der Waals surface area contributed by atoms with Crippen LogP contribution in [-0.4, -0.2) is 27.4 Å². The highest BCUT2D eigenvalue weighted by Gasteiger charge is 2.22. The monoisotopic (exact) mass is 243 g/mol. The number of hydrogen-bond acceptors (Lipinski definition) is 2. The van der Waals surface area contributed by atoms with E-state index in [1.807, 2.05) is 0 Å². The molecule has 2 aromatic rings. The van der Waals surface area contributed by atoms with Gasteiger partial charge in [-0.25, -0.2) is 4.98 Å². The highest BCUT2D eigenvalue weighted by atomic mass is 15.2. The van der Waals surface area contributed by atoms with Gasteiger partial charge in [-0.2, -0.15) is 0 Å². The Hall–Kier alpha value is -1.35. The Bertz CT molecular complexity index is 568. The van der Waals surface area contributed by atoms with Gasteiger partial charge in [-0.15, -0.1) is 0 Å². The molecule has 0 atom stereocenters. The Morgan fingerprint density at radius 1 is 1.33 bits per heavy atom.